The summed E-state index contributed by atoms with van der Waals surface area (Å²) in [5.41, 5.74) is 1.78. The van der Waals surface area contributed by atoms with Gasteiger partial charge in [-0.3, -0.25) is 4.79 Å². The second-order valence-electron chi connectivity index (χ2n) is 5.18. The summed E-state index contributed by atoms with van der Waals surface area (Å²) in [7, 11) is 0. The molecule has 0 aromatic heterocycles. The molecule has 0 saturated heterocycles. The molecule has 1 aliphatic rings. The van der Waals surface area contributed by atoms with Crippen molar-refractivity contribution in [3.05, 3.63) is 21.7 Å². The van der Waals surface area contributed by atoms with Crippen molar-refractivity contribution in [2.24, 2.45) is 5.92 Å². The fourth-order valence-corrected chi connectivity index (χ4v) is 3.25. The monoisotopic (exact) mass is 340 g/mol. The van der Waals surface area contributed by atoms with Crippen molar-refractivity contribution in [2.45, 2.75) is 40.0 Å². The van der Waals surface area contributed by atoms with Crippen LogP contribution in [0.3, 0.4) is 0 Å². The maximum absolute atomic E-state index is 12.6. The molecule has 1 aliphatic carbocycles. The molecule has 0 aliphatic heterocycles. The number of carbonyl (C=O) groups excluding carboxylic acids is 1. The number of hydrogen-bond acceptors (Lipinski definition) is 3. The number of rotatable bonds is 4. The first kappa shape index (κ1) is 15.4. The van der Waals surface area contributed by atoms with E-state index in [2.05, 4.69) is 22.9 Å². The number of benzene rings is 1. The van der Waals surface area contributed by atoms with Gasteiger partial charge in [0.05, 0.1) is 18.8 Å². The van der Waals surface area contributed by atoms with Crippen LogP contribution in [0, 0.1) is 5.92 Å². The fraction of sp³-hybridized carbons (Fsp3) is 0.562. The Labute approximate surface area is 128 Å². The minimum absolute atomic E-state index is 0.163. The summed E-state index contributed by atoms with van der Waals surface area (Å²) in [6, 6.07) is 1.93. The molecule has 0 radical (unpaired) electrons. The lowest BCUT2D eigenvalue weighted by Gasteiger charge is -2.18. The highest BCUT2D eigenvalue weighted by Gasteiger charge is 2.28. The molecule has 1 atom stereocenters. The SMILES string of the molecule is CCOc1cc(Br)c2c(c1OCC)C(=O)CC(C)CC2. The highest BCUT2D eigenvalue weighted by Crippen LogP contribution is 2.42. The molecule has 0 fully saturated rings. The molecule has 0 N–H and O–H groups in total. The van der Waals surface area contributed by atoms with Gasteiger partial charge in [-0.25, -0.2) is 0 Å². The van der Waals surface area contributed by atoms with Crippen molar-refractivity contribution < 1.29 is 14.3 Å². The molecule has 1 aromatic carbocycles. The van der Waals surface area contributed by atoms with E-state index in [0.717, 1.165) is 22.9 Å². The van der Waals surface area contributed by atoms with E-state index < -0.39 is 0 Å². The molecule has 0 amide bonds. The number of Topliss-reactive ketones (excluding diaryl/α,β-unsaturated/α-hetero) is 1. The lowest BCUT2D eigenvalue weighted by molar-refractivity contribution is 0.0962. The van der Waals surface area contributed by atoms with Gasteiger partial charge in [-0.05, 0) is 44.2 Å². The highest BCUT2D eigenvalue weighted by molar-refractivity contribution is 9.10. The fourth-order valence-electron chi connectivity index (χ4n) is 2.65. The number of hydrogen-bond donors (Lipinski definition) is 0. The quantitative estimate of drug-likeness (QED) is 0.762. The van der Waals surface area contributed by atoms with Crippen LogP contribution in [0.2, 0.25) is 0 Å². The number of carbonyl (C=O) groups is 1. The molecule has 3 nitrogen and oxygen atoms in total. The van der Waals surface area contributed by atoms with Crippen LogP contribution in [0.1, 0.15) is 49.5 Å². The minimum atomic E-state index is 0.163. The van der Waals surface area contributed by atoms with Crippen molar-refractivity contribution in [3.63, 3.8) is 0 Å². The van der Waals surface area contributed by atoms with Crippen LogP contribution >= 0.6 is 15.9 Å². The molecule has 110 valence electrons. The molecule has 2 rings (SSSR count). The molecule has 0 heterocycles. The van der Waals surface area contributed by atoms with Crippen molar-refractivity contribution in [1.82, 2.24) is 0 Å². The summed E-state index contributed by atoms with van der Waals surface area (Å²) in [4.78, 5) is 12.6. The van der Waals surface area contributed by atoms with Crippen molar-refractivity contribution in [2.75, 3.05) is 13.2 Å². The zero-order chi connectivity index (χ0) is 14.7. The Bertz CT molecular complexity index is 511. The third-order valence-corrected chi connectivity index (χ3v) is 4.29. The predicted molar refractivity (Wildman–Crippen MR) is 82.9 cm³/mol. The summed E-state index contributed by atoms with van der Waals surface area (Å²) in [6.07, 6.45) is 2.50. The van der Waals surface area contributed by atoms with Crippen LogP contribution in [0.25, 0.3) is 0 Å². The number of ether oxygens (including phenoxy) is 2. The Hall–Kier alpha value is -1.03. The maximum Gasteiger partial charge on any atom is 0.172 e. The predicted octanol–water partition coefficient (Wildman–Crippen LogP) is 4.40. The Kier molecular flexibility index (Phi) is 5.08. The van der Waals surface area contributed by atoms with E-state index in [9.17, 15) is 4.79 Å². The lowest BCUT2D eigenvalue weighted by atomic mass is 10.00. The van der Waals surface area contributed by atoms with Gasteiger partial charge in [-0.15, -0.1) is 0 Å². The molecule has 1 unspecified atom stereocenters. The van der Waals surface area contributed by atoms with E-state index in [-0.39, 0.29) is 5.78 Å². The molecule has 0 saturated carbocycles. The van der Waals surface area contributed by atoms with Crippen LogP contribution in [-0.4, -0.2) is 19.0 Å². The molecule has 0 bridgehead atoms. The second-order valence-corrected chi connectivity index (χ2v) is 6.03. The Morgan fingerprint density at radius 2 is 2.00 bits per heavy atom. The highest BCUT2D eigenvalue weighted by atomic mass is 79.9. The van der Waals surface area contributed by atoms with Gasteiger partial charge < -0.3 is 9.47 Å². The van der Waals surface area contributed by atoms with Crippen molar-refractivity contribution in [1.29, 1.82) is 0 Å². The standard InChI is InChI=1S/C16H21BrO3/c1-4-19-14-9-12(17)11-7-6-10(3)8-13(18)15(11)16(14)20-5-2/h9-10H,4-8H2,1-3H3. The third-order valence-electron chi connectivity index (χ3n) is 3.59. The van der Waals surface area contributed by atoms with Gasteiger partial charge in [0.15, 0.2) is 17.3 Å². The van der Waals surface area contributed by atoms with E-state index in [4.69, 9.17) is 9.47 Å². The Balaban J connectivity index is 2.60. The Morgan fingerprint density at radius 1 is 1.30 bits per heavy atom. The van der Waals surface area contributed by atoms with Crippen LogP contribution in [0.5, 0.6) is 11.5 Å². The van der Waals surface area contributed by atoms with Crippen LogP contribution < -0.4 is 9.47 Å². The van der Waals surface area contributed by atoms with E-state index in [1.807, 2.05) is 19.9 Å². The number of fused-ring (bicyclic) bond motifs is 1. The topological polar surface area (TPSA) is 35.5 Å². The normalized spacial score (nSPS) is 18.4. The van der Waals surface area contributed by atoms with Crippen LogP contribution in [-0.2, 0) is 6.42 Å². The first-order valence-corrected chi connectivity index (χ1v) is 8.01. The van der Waals surface area contributed by atoms with Crippen LogP contribution in [0.15, 0.2) is 10.5 Å². The summed E-state index contributed by atoms with van der Waals surface area (Å²) in [6.45, 7) is 7.06. The average molecular weight is 341 g/mol. The van der Waals surface area contributed by atoms with E-state index >= 15 is 0 Å². The van der Waals surface area contributed by atoms with Gasteiger partial charge in [-0.1, -0.05) is 22.9 Å². The minimum Gasteiger partial charge on any atom is -0.490 e. The molecule has 1 aromatic rings. The van der Waals surface area contributed by atoms with Gasteiger partial charge in [0.25, 0.3) is 0 Å². The maximum atomic E-state index is 12.6. The largest absolute Gasteiger partial charge is 0.490 e. The number of ketones is 1. The van der Waals surface area contributed by atoms with E-state index in [1.165, 1.54) is 0 Å². The second kappa shape index (κ2) is 6.61. The summed E-state index contributed by atoms with van der Waals surface area (Å²) in [5.74, 6) is 1.84. The summed E-state index contributed by atoms with van der Waals surface area (Å²) >= 11 is 3.58. The zero-order valence-electron chi connectivity index (χ0n) is 12.3. The molecule has 4 heteroatoms. The zero-order valence-corrected chi connectivity index (χ0v) is 13.9. The van der Waals surface area contributed by atoms with Gasteiger partial charge >= 0.3 is 0 Å². The van der Waals surface area contributed by atoms with Gasteiger partial charge in [0.2, 0.25) is 0 Å². The first-order chi connectivity index (χ1) is 9.58. The van der Waals surface area contributed by atoms with Gasteiger partial charge in [0.1, 0.15) is 0 Å². The Morgan fingerprint density at radius 3 is 2.65 bits per heavy atom. The smallest absolute Gasteiger partial charge is 0.172 e. The van der Waals surface area contributed by atoms with E-state index in [0.29, 0.717) is 42.6 Å². The van der Waals surface area contributed by atoms with Crippen LogP contribution in [0.4, 0.5) is 0 Å². The van der Waals surface area contributed by atoms with Gasteiger partial charge in [0, 0.05) is 10.9 Å². The third kappa shape index (κ3) is 3.00. The lowest BCUT2D eigenvalue weighted by Crippen LogP contribution is -2.09. The molecule has 20 heavy (non-hydrogen) atoms. The van der Waals surface area contributed by atoms with Crippen molar-refractivity contribution in [3.8, 4) is 11.5 Å². The van der Waals surface area contributed by atoms with Gasteiger partial charge in [-0.2, -0.15) is 0 Å². The van der Waals surface area contributed by atoms with E-state index in [1.54, 1.807) is 0 Å². The number of halogens is 1. The summed E-state index contributed by atoms with van der Waals surface area (Å²) in [5, 5.41) is 0. The molecular formula is C16H21BrO3. The molecular weight excluding hydrogens is 320 g/mol. The average Bonchev–Trinajstić information content (AvgIpc) is 2.54. The first-order valence-electron chi connectivity index (χ1n) is 7.22. The molecule has 0 spiro atoms. The van der Waals surface area contributed by atoms with Crippen molar-refractivity contribution >= 4 is 21.7 Å². The summed E-state index contributed by atoms with van der Waals surface area (Å²) < 4.78 is 12.3.